The fourth-order valence-electron chi connectivity index (χ4n) is 11.8. The third-order valence-electron chi connectivity index (χ3n) is 15.2. The predicted molar refractivity (Wildman–Crippen MR) is 312 cm³/mol. The lowest BCUT2D eigenvalue weighted by atomic mass is 9.92. The molecule has 0 atom stereocenters. The van der Waals surface area contributed by atoms with Crippen LogP contribution in [-0.4, -0.2) is 24.1 Å². The number of benzene rings is 12. The SMILES string of the molecule is c1ccc(-c2ccc(-c3nc(Cn4c5ccccc5c5c(-c6ccccc6)cc6c7ccccc7n(-c7cccc(-c8ccc9c%10ccccc%10c%10ccccc%10c9c8)c7)c6c54)nc(-c4ccccc4)n3)cc2)cc1. The van der Waals surface area contributed by atoms with E-state index >= 15 is 0 Å². The van der Waals surface area contributed by atoms with Crippen molar-refractivity contribution in [2.24, 2.45) is 0 Å². The number of fused-ring (bicyclic) bond motifs is 13. The Balaban J connectivity index is 0.977. The van der Waals surface area contributed by atoms with Crippen molar-refractivity contribution in [2.45, 2.75) is 6.54 Å². The average Bonchev–Trinajstić information content (AvgIpc) is 4.00. The minimum atomic E-state index is 0.399. The van der Waals surface area contributed by atoms with Crippen molar-refractivity contribution < 1.29 is 0 Å². The molecule has 0 unspecified atom stereocenters. The zero-order valence-electron chi connectivity index (χ0n) is 40.8. The van der Waals surface area contributed by atoms with Crippen molar-refractivity contribution >= 4 is 75.9 Å². The van der Waals surface area contributed by atoms with E-state index in [4.69, 9.17) is 15.0 Å². The highest BCUT2D eigenvalue weighted by molar-refractivity contribution is 6.28. The Labute approximate surface area is 432 Å². The highest BCUT2D eigenvalue weighted by Crippen LogP contribution is 2.46. The van der Waals surface area contributed by atoms with Crippen LogP contribution in [0.4, 0.5) is 0 Å². The first-order chi connectivity index (χ1) is 37.2. The smallest absolute Gasteiger partial charge is 0.163 e. The minimum Gasteiger partial charge on any atom is -0.331 e. The third kappa shape index (κ3) is 7.04. The van der Waals surface area contributed by atoms with Crippen molar-refractivity contribution in [3.63, 3.8) is 0 Å². The summed E-state index contributed by atoms with van der Waals surface area (Å²) >= 11 is 0. The molecule has 3 heterocycles. The van der Waals surface area contributed by atoms with Gasteiger partial charge in [0.1, 0.15) is 0 Å². The number of para-hydroxylation sites is 2. The Bertz CT molecular complexity index is 4670. The Kier molecular flexibility index (Phi) is 9.88. The van der Waals surface area contributed by atoms with Gasteiger partial charge in [-0.15, -0.1) is 0 Å². The predicted octanol–water partition coefficient (Wildman–Crippen LogP) is 17.9. The van der Waals surface area contributed by atoms with Gasteiger partial charge in [-0.3, -0.25) is 0 Å². The van der Waals surface area contributed by atoms with Gasteiger partial charge in [0.2, 0.25) is 0 Å². The van der Waals surface area contributed by atoms with Crippen LogP contribution in [0.5, 0.6) is 0 Å². The maximum Gasteiger partial charge on any atom is 0.163 e. The Morgan fingerprint density at radius 1 is 0.280 bits per heavy atom. The lowest BCUT2D eigenvalue weighted by Crippen LogP contribution is -2.09. The van der Waals surface area contributed by atoms with Crippen LogP contribution in [0.2, 0.25) is 0 Å². The molecule has 0 radical (unpaired) electrons. The van der Waals surface area contributed by atoms with Gasteiger partial charge < -0.3 is 9.13 Å². The summed E-state index contributed by atoms with van der Waals surface area (Å²) in [5.74, 6) is 1.95. The van der Waals surface area contributed by atoms with Crippen LogP contribution in [0.1, 0.15) is 5.82 Å². The van der Waals surface area contributed by atoms with Crippen molar-refractivity contribution in [1.82, 2.24) is 24.1 Å². The van der Waals surface area contributed by atoms with E-state index < -0.39 is 0 Å². The van der Waals surface area contributed by atoms with Crippen LogP contribution in [0.15, 0.2) is 261 Å². The summed E-state index contributed by atoms with van der Waals surface area (Å²) in [6.07, 6.45) is 0. The molecule has 15 rings (SSSR count). The lowest BCUT2D eigenvalue weighted by molar-refractivity contribution is 0.786. The molecule has 5 heteroatoms. The van der Waals surface area contributed by atoms with E-state index in [1.807, 2.05) is 24.3 Å². The summed E-state index contributed by atoms with van der Waals surface area (Å²) in [5, 5.41) is 12.3. The molecule has 0 fully saturated rings. The van der Waals surface area contributed by atoms with Gasteiger partial charge in [-0.05, 0) is 102 Å². The molecule has 5 nitrogen and oxygen atoms in total. The zero-order valence-corrected chi connectivity index (χ0v) is 40.8. The fourth-order valence-corrected chi connectivity index (χ4v) is 11.8. The lowest BCUT2D eigenvalue weighted by Gasteiger charge is -2.15. The second-order valence-corrected chi connectivity index (χ2v) is 19.5. The van der Waals surface area contributed by atoms with Gasteiger partial charge in [0.15, 0.2) is 17.5 Å². The third-order valence-corrected chi connectivity index (χ3v) is 15.2. The molecular weight excluding hydrogens is 911 g/mol. The second-order valence-electron chi connectivity index (χ2n) is 19.5. The quantitative estimate of drug-likeness (QED) is 0.143. The molecule has 350 valence electrons. The maximum absolute atomic E-state index is 5.36. The Hall–Kier alpha value is -9.97. The topological polar surface area (TPSA) is 48.5 Å². The molecule has 0 saturated carbocycles. The standard InChI is InChI=1S/C70H45N5/c1-4-19-45(20-5-1)46-35-37-49(38-36-46)70-72-65(71-69(73-70)48-23-8-3-9-24-48)44-74-63-33-16-15-32-59(63)66-60(47-21-6-2-7-22-47)43-62-58-31-14-17-34-64(58)75(67(62)68(66)74)52-26-18-25-50(41-52)51-39-40-57-55-29-11-10-27-53(55)54-28-12-13-30-56(54)61(57)42-51/h1-43H,44H2. The number of rotatable bonds is 8. The number of aromatic nitrogens is 5. The van der Waals surface area contributed by atoms with Gasteiger partial charge in [0, 0.05) is 43.9 Å². The molecule has 0 N–H and O–H groups in total. The second kappa shape index (κ2) is 17.4. The molecule has 0 saturated heterocycles. The van der Waals surface area contributed by atoms with Crippen LogP contribution in [0, 0.1) is 0 Å². The van der Waals surface area contributed by atoms with E-state index in [1.54, 1.807) is 0 Å². The highest BCUT2D eigenvalue weighted by Gasteiger charge is 2.25. The van der Waals surface area contributed by atoms with Crippen molar-refractivity contribution in [3.8, 4) is 61.8 Å². The van der Waals surface area contributed by atoms with Gasteiger partial charge in [-0.25, -0.2) is 15.0 Å². The Morgan fingerprint density at radius 2 is 0.747 bits per heavy atom. The van der Waals surface area contributed by atoms with Gasteiger partial charge >= 0.3 is 0 Å². The van der Waals surface area contributed by atoms with Crippen molar-refractivity contribution in [1.29, 1.82) is 0 Å². The monoisotopic (exact) mass is 955 g/mol. The van der Waals surface area contributed by atoms with Crippen molar-refractivity contribution in [2.75, 3.05) is 0 Å². The fraction of sp³-hybridized carbons (Fsp3) is 0.0143. The van der Waals surface area contributed by atoms with Gasteiger partial charge in [-0.2, -0.15) is 0 Å². The molecular formula is C70H45N5. The molecule has 15 aromatic rings. The number of hydrogen-bond donors (Lipinski definition) is 0. The van der Waals surface area contributed by atoms with Gasteiger partial charge in [0.05, 0.1) is 23.1 Å². The first-order valence-corrected chi connectivity index (χ1v) is 25.6. The average molecular weight is 956 g/mol. The molecule has 0 aliphatic carbocycles. The molecule has 0 aliphatic rings. The van der Waals surface area contributed by atoms with E-state index in [1.165, 1.54) is 70.6 Å². The van der Waals surface area contributed by atoms with Crippen molar-refractivity contribution in [3.05, 3.63) is 267 Å². The van der Waals surface area contributed by atoms with Crippen LogP contribution < -0.4 is 0 Å². The number of hydrogen-bond acceptors (Lipinski definition) is 3. The van der Waals surface area contributed by atoms with Crippen LogP contribution >= 0.6 is 0 Å². The first-order valence-electron chi connectivity index (χ1n) is 25.6. The normalized spacial score (nSPS) is 11.8. The molecule has 75 heavy (non-hydrogen) atoms. The summed E-state index contributed by atoms with van der Waals surface area (Å²) in [6.45, 7) is 0.399. The van der Waals surface area contributed by atoms with Crippen LogP contribution in [0.3, 0.4) is 0 Å². The minimum absolute atomic E-state index is 0.399. The van der Waals surface area contributed by atoms with Gasteiger partial charge in [0.25, 0.3) is 0 Å². The van der Waals surface area contributed by atoms with E-state index in [0.29, 0.717) is 24.0 Å². The van der Waals surface area contributed by atoms with E-state index in [0.717, 1.165) is 55.6 Å². The molecule has 0 amide bonds. The number of nitrogens with zero attached hydrogens (tertiary/aromatic N) is 5. The van der Waals surface area contributed by atoms with E-state index in [2.05, 4.69) is 246 Å². The molecule has 0 bridgehead atoms. The van der Waals surface area contributed by atoms with Crippen LogP contribution in [-0.2, 0) is 6.54 Å². The van der Waals surface area contributed by atoms with E-state index in [-0.39, 0.29) is 0 Å². The summed E-state index contributed by atoms with van der Waals surface area (Å²) in [7, 11) is 0. The Morgan fingerprint density at radius 3 is 1.41 bits per heavy atom. The molecule has 0 spiro atoms. The molecule has 0 aliphatic heterocycles. The zero-order chi connectivity index (χ0) is 49.4. The van der Waals surface area contributed by atoms with Gasteiger partial charge in [-0.1, -0.05) is 224 Å². The van der Waals surface area contributed by atoms with E-state index in [9.17, 15) is 0 Å². The summed E-state index contributed by atoms with van der Waals surface area (Å²) in [5.41, 5.74) is 14.4. The summed E-state index contributed by atoms with van der Waals surface area (Å²) < 4.78 is 4.96. The largest absolute Gasteiger partial charge is 0.331 e. The first kappa shape index (κ1) is 42.7. The van der Waals surface area contributed by atoms with Crippen LogP contribution in [0.25, 0.3) is 138 Å². The summed E-state index contributed by atoms with van der Waals surface area (Å²) in [6, 6.07) is 94.0. The molecule has 12 aromatic carbocycles. The maximum atomic E-state index is 5.36. The summed E-state index contributed by atoms with van der Waals surface area (Å²) in [4.78, 5) is 15.8. The highest BCUT2D eigenvalue weighted by atomic mass is 15.1. The molecule has 3 aromatic heterocycles.